The first-order chi connectivity index (χ1) is 9.02. The second-order valence-electron chi connectivity index (χ2n) is 4.56. The Morgan fingerprint density at radius 1 is 1.26 bits per heavy atom. The lowest BCUT2D eigenvalue weighted by Gasteiger charge is -2.14. The maximum absolute atomic E-state index is 9.23. The van der Waals surface area contributed by atoms with Gasteiger partial charge in [-0.15, -0.1) is 5.10 Å². The van der Waals surface area contributed by atoms with Crippen LogP contribution >= 0.6 is 0 Å². The number of aryl methyl sites for hydroxylation is 2. The molecule has 2 aromatic rings. The van der Waals surface area contributed by atoms with Crippen molar-refractivity contribution >= 4 is 5.82 Å². The molecule has 0 saturated carbocycles. The second kappa shape index (κ2) is 5.11. The Bertz CT molecular complexity index is 639. The van der Waals surface area contributed by atoms with Crippen molar-refractivity contribution in [1.29, 1.82) is 5.26 Å². The summed E-state index contributed by atoms with van der Waals surface area (Å²) in [4.78, 5) is 0. The highest BCUT2D eigenvalue weighted by Gasteiger charge is 2.15. The molecule has 1 unspecified atom stereocenters. The van der Waals surface area contributed by atoms with Crippen LogP contribution in [-0.4, -0.2) is 10.2 Å². The second-order valence-corrected chi connectivity index (χ2v) is 4.56. The van der Waals surface area contributed by atoms with E-state index in [1.54, 1.807) is 0 Å². The predicted octanol–water partition coefficient (Wildman–Crippen LogP) is 3.04. The van der Waals surface area contributed by atoms with Gasteiger partial charge >= 0.3 is 0 Å². The van der Waals surface area contributed by atoms with E-state index in [-0.39, 0.29) is 6.04 Å². The average Bonchev–Trinajstić information content (AvgIpc) is 2.81. The number of furan rings is 1. The minimum Gasteiger partial charge on any atom is -0.464 e. The number of anilines is 1. The van der Waals surface area contributed by atoms with Gasteiger partial charge in [0, 0.05) is 0 Å². The third-order valence-corrected chi connectivity index (χ3v) is 3.11. The molecule has 19 heavy (non-hydrogen) atoms. The van der Waals surface area contributed by atoms with E-state index >= 15 is 0 Å². The number of hydrogen-bond acceptors (Lipinski definition) is 5. The minimum atomic E-state index is -0.0720. The lowest BCUT2D eigenvalue weighted by Crippen LogP contribution is -2.11. The van der Waals surface area contributed by atoms with Crippen LogP contribution in [0.3, 0.4) is 0 Å². The van der Waals surface area contributed by atoms with Crippen molar-refractivity contribution in [3.8, 4) is 6.07 Å². The Hall–Kier alpha value is -2.35. The van der Waals surface area contributed by atoms with Crippen LogP contribution in [-0.2, 0) is 0 Å². The monoisotopic (exact) mass is 256 g/mol. The lowest BCUT2D eigenvalue weighted by molar-refractivity contribution is 0.466. The molecule has 0 spiro atoms. The fourth-order valence-electron chi connectivity index (χ4n) is 1.81. The fraction of sp³-hybridized carbons (Fsp3) is 0.357. The van der Waals surface area contributed by atoms with Gasteiger partial charge in [0.2, 0.25) is 0 Å². The smallest absolute Gasteiger partial charge is 0.167 e. The molecule has 5 heteroatoms. The number of rotatable bonds is 3. The maximum Gasteiger partial charge on any atom is 0.167 e. The molecule has 2 rings (SSSR count). The van der Waals surface area contributed by atoms with E-state index in [1.807, 2.05) is 39.8 Å². The molecule has 98 valence electrons. The van der Waals surface area contributed by atoms with E-state index < -0.39 is 0 Å². The maximum atomic E-state index is 9.23. The topological polar surface area (TPSA) is 74.7 Å². The highest BCUT2D eigenvalue weighted by molar-refractivity contribution is 5.56. The first-order valence-electron chi connectivity index (χ1n) is 6.09. The first-order valence-corrected chi connectivity index (χ1v) is 6.09. The molecule has 0 bridgehead atoms. The third kappa shape index (κ3) is 2.58. The summed E-state index contributed by atoms with van der Waals surface area (Å²) in [5, 5.41) is 20.5. The Labute approximate surface area is 112 Å². The van der Waals surface area contributed by atoms with E-state index in [0.717, 1.165) is 22.8 Å². The summed E-state index contributed by atoms with van der Waals surface area (Å²) in [6.45, 7) is 7.56. The van der Waals surface area contributed by atoms with Crippen LogP contribution in [0.1, 0.15) is 41.3 Å². The average molecular weight is 256 g/mol. The van der Waals surface area contributed by atoms with Crippen molar-refractivity contribution in [2.24, 2.45) is 0 Å². The van der Waals surface area contributed by atoms with Crippen molar-refractivity contribution in [3.05, 3.63) is 40.5 Å². The number of nitrogens with one attached hydrogen (secondary N) is 1. The van der Waals surface area contributed by atoms with Gasteiger partial charge in [-0.3, -0.25) is 0 Å². The van der Waals surface area contributed by atoms with Gasteiger partial charge in [-0.1, -0.05) is 0 Å². The molecule has 1 atom stereocenters. The van der Waals surface area contributed by atoms with Gasteiger partial charge in [-0.05, 0) is 45.4 Å². The van der Waals surface area contributed by atoms with Gasteiger partial charge < -0.3 is 9.73 Å². The molecule has 1 N–H and O–H groups in total. The van der Waals surface area contributed by atoms with E-state index in [4.69, 9.17) is 4.42 Å². The van der Waals surface area contributed by atoms with Crippen molar-refractivity contribution in [2.75, 3.05) is 5.32 Å². The van der Waals surface area contributed by atoms with Crippen LogP contribution in [0.15, 0.2) is 16.5 Å². The first kappa shape index (κ1) is 13.1. The van der Waals surface area contributed by atoms with E-state index in [0.29, 0.717) is 11.4 Å². The van der Waals surface area contributed by atoms with Crippen LogP contribution in [0.5, 0.6) is 0 Å². The normalized spacial score (nSPS) is 11.9. The molecule has 2 heterocycles. The Morgan fingerprint density at radius 3 is 2.58 bits per heavy atom. The van der Waals surface area contributed by atoms with Crippen molar-refractivity contribution in [1.82, 2.24) is 10.2 Å². The van der Waals surface area contributed by atoms with Gasteiger partial charge in [-0.25, -0.2) is 0 Å². The number of nitriles is 1. The summed E-state index contributed by atoms with van der Waals surface area (Å²) < 4.78 is 5.55. The Balaban J connectivity index is 2.29. The summed E-state index contributed by atoms with van der Waals surface area (Å²) in [6.07, 6.45) is 0. The molecule has 0 aromatic carbocycles. The summed E-state index contributed by atoms with van der Waals surface area (Å²) in [7, 11) is 0. The van der Waals surface area contributed by atoms with Crippen molar-refractivity contribution in [3.63, 3.8) is 0 Å². The summed E-state index contributed by atoms with van der Waals surface area (Å²) in [6, 6.07) is 5.92. The molecule has 0 aliphatic rings. The summed E-state index contributed by atoms with van der Waals surface area (Å²) in [5.74, 6) is 2.16. The lowest BCUT2D eigenvalue weighted by atomic mass is 10.1. The molecule has 5 nitrogen and oxygen atoms in total. The standard InChI is InChI=1S/C14H16N4O/c1-8-5-6-13(19-8)11(4)16-14-12(7-15)9(2)10(3)17-18-14/h5-6,11H,1-4H3,(H,16,18). The van der Waals surface area contributed by atoms with Crippen molar-refractivity contribution in [2.45, 2.75) is 33.7 Å². The molecule has 0 radical (unpaired) electrons. The van der Waals surface area contributed by atoms with Crippen LogP contribution < -0.4 is 5.32 Å². The number of nitrogens with zero attached hydrogens (tertiary/aromatic N) is 3. The highest BCUT2D eigenvalue weighted by Crippen LogP contribution is 2.23. The zero-order chi connectivity index (χ0) is 14.0. The summed E-state index contributed by atoms with van der Waals surface area (Å²) in [5.41, 5.74) is 2.15. The predicted molar refractivity (Wildman–Crippen MR) is 71.7 cm³/mol. The summed E-state index contributed by atoms with van der Waals surface area (Å²) >= 11 is 0. The van der Waals surface area contributed by atoms with E-state index in [9.17, 15) is 5.26 Å². The fourth-order valence-corrected chi connectivity index (χ4v) is 1.81. The molecule has 0 saturated heterocycles. The zero-order valence-corrected chi connectivity index (χ0v) is 11.5. The molecule has 0 fully saturated rings. The largest absolute Gasteiger partial charge is 0.464 e. The van der Waals surface area contributed by atoms with Gasteiger partial charge in [0.05, 0.1) is 11.7 Å². The van der Waals surface area contributed by atoms with Crippen LogP contribution in [0.4, 0.5) is 5.82 Å². The zero-order valence-electron chi connectivity index (χ0n) is 11.5. The highest BCUT2D eigenvalue weighted by atomic mass is 16.3. The molecular formula is C14H16N4O. The third-order valence-electron chi connectivity index (χ3n) is 3.11. The van der Waals surface area contributed by atoms with Crippen molar-refractivity contribution < 1.29 is 4.42 Å². The quantitative estimate of drug-likeness (QED) is 0.913. The molecule has 0 aliphatic carbocycles. The molecule has 0 amide bonds. The Kier molecular flexibility index (Phi) is 3.52. The van der Waals surface area contributed by atoms with E-state index in [1.165, 1.54) is 0 Å². The Morgan fingerprint density at radius 2 is 2.00 bits per heavy atom. The van der Waals surface area contributed by atoms with Crippen LogP contribution in [0.25, 0.3) is 0 Å². The number of hydrogen-bond donors (Lipinski definition) is 1. The minimum absolute atomic E-state index is 0.0720. The van der Waals surface area contributed by atoms with Gasteiger partial charge in [0.15, 0.2) is 5.82 Å². The molecule has 0 aliphatic heterocycles. The molecular weight excluding hydrogens is 240 g/mol. The van der Waals surface area contributed by atoms with Gasteiger partial charge in [-0.2, -0.15) is 10.4 Å². The number of aromatic nitrogens is 2. The molecule has 2 aromatic heterocycles. The van der Waals surface area contributed by atoms with Crippen LogP contribution in [0.2, 0.25) is 0 Å². The van der Waals surface area contributed by atoms with Gasteiger partial charge in [0.1, 0.15) is 23.2 Å². The van der Waals surface area contributed by atoms with Gasteiger partial charge in [0.25, 0.3) is 0 Å². The SMILES string of the molecule is Cc1ccc(C(C)Nc2nnc(C)c(C)c2C#N)o1. The van der Waals surface area contributed by atoms with E-state index in [2.05, 4.69) is 21.6 Å². The van der Waals surface area contributed by atoms with Crippen LogP contribution in [0, 0.1) is 32.1 Å².